The Kier molecular flexibility index (Phi) is 8.63. The second kappa shape index (κ2) is 11.9. The van der Waals surface area contributed by atoms with Crippen LogP contribution in [0, 0.1) is 0 Å². The Morgan fingerprint density at radius 3 is 2.43 bits per heavy atom. The van der Waals surface area contributed by atoms with Crippen molar-refractivity contribution in [2.24, 2.45) is 0 Å². The SMILES string of the molecule is CN(CC(=O)N(C)C(CN1CCOCC1)c1ccc(-c2cccnc2)cc1)c1ccc(Cl)c(Cl)c1. The molecule has 0 bridgehead atoms. The summed E-state index contributed by atoms with van der Waals surface area (Å²) in [5, 5.41) is 0.961. The van der Waals surface area contributed by atoms with Crippen molar-refractivity contribution < 1.29 is 9.53 Å². The lowest BCUT2D eigenvalue weighted by Crippen LogP contribution is -2.45. The Bertz CT molecular complexity index is 1120. The van der Waals surface area contributed by atoms with Crippen molar-refractivity contribution in [3.63, 3.8) is 0 Å². The fraction of sp³-hybridized carbons (Fsp3) is 0.333. The number of anilines is 1. The summed E-state index contributed by atoms with van der Waals surface area (Å²) in [6, 6.07) is 17.7. The summed E-state index contributed by atoms with van der Waals surface area (Å²) in [6.07, 6.45) is 3.63. The standard InChI is InChI=1S/C27H30Cl2N4O2/c1-31(23-9-10-24(28)25(29)16-23)19-27(34)32(2)26(18-33-12-14-35-15-13-33)21-7-5-20(6-8-21)22-4-3-11-30-17-22/h3-11,16-17,26H,12-15,18-19H2,1-2H3. The van der Waals surface area contributed by atoms with Gasteiger partial charge in [0.25, 0.3) is 0 Å². The molecule has 1 fully saturated rings. The molecular formula is C27H30Cl2N4O2. The lowest BCUT2D eigenvalue weighted by atomic mass is 10.00. The average molecular weight is 513 g/mol. The molecule has 0 radical (unpaired) electrons. The van der Waals surface area contributed by atoms with Gasteiger partial charge in [0.15, 0.2) is 0 Å². The van der Waals surface area contributed by atoms with Crippen LogP contribution in [0.15, 0.2) is 67.0 Å². The van der Waals surface area contributed by atoms with Gasteiger partial charge in [-0.15, -0.1) is 0 Å². The highest BCUT2D eigenvalue weighted by molar-refractivity contribution is 6.42. The molecule has 3 aromatic rings. The molecule has 1 atom stereocenters. The van der Waals surface area contributed by atoms with E-state index in [-0.39, 0.29) is 18.5 Å². The van der Waals surface area contributed by atoms with E-state index in [1.54, 1.807) is 18.3 Å². The Morgan fingerprint density at radius 2 is 1.77 bits per heavy atom. The lowest BCUT2D eigenvalue weighted by molar-refractivity contribution is -0.131. The first-order valence-electron chi connectivity index (χ1n) is 11.6. The van der Waals surface area contributed by atoms with Gasteiger partial charge in [0.2, 0.25) is 5.91 Å². The van der Waals surface area contributed by atoms with Gasteiger partial charge in [-0.05, 0) is 41.0 Å². The van der Waals surface area contributed by atoms with Gasteiger partial charge < -0.3 is 14.5 Å². The number of morpholine rings is 1. The number of pyridine rings is 1. The monoisotopic (exact) mass is 512 g/mol. The van der Waals surface area contributed by atoms with E-state index in [1.165, 1.54) is 0 Å². The Hall–Kier alpha value is -2.64. The van der Waals surface area contributed by atoms with Crippen molar-refractivity contribution in [2.45, 2.75) is 6.04 Å². The van der Waals surface area contributed by atoms with Crippen molar-refractivity contribution in [2.75, 3.05) is 58.4 Å². The van der Waals surface area contributed by atoms with E-state index < -0.39 is 0 Å². The quantitative estimate of drug-likeness (QED) is 0.423. The smallest absolute Gasteiger partial charge is 0.242 e. The number of amides is 1. The number of ether oxygens (including phenoxy) is 1. The van der Waals surface area contributed by atoms with Gasteiger partial charge >= 0.3 is 0 Å². The molecule has 1 saturated heterocycles. The Morgan fingerprint density at radius 1 is 1.03 bits per heavy atom. The number of carbonyl (C=O) groups excluding carboxylic acids is 1. The number of aromatic nitrogens is 1. The minimum Gasteiger partial charge on any atom is -0.379 e. The molecule has 1 aromatic heterocycles. The minimum absolute atomic E-state index is 0.0215. The van der Waals surface area contributed by atoms with Crippen LogP contribution in [0.3, 0.4) is 0 Å². The van der Waals surface area contributed by atoms with Gasteiger partial charge in [-0.1, -0.05) is 53.5 Å². The van der Waals surface area contributed by atoms with Crippen LogP contribution in [0.1, 0.15) is 11.6 Å². The molecule has 2 heterocycles. The third-order valence-electron chi connectivity index (χ3n) is 6.40. The van der Waals surface area contributed by atoms with Gasteiger partial charge in [0, 0.05) is 51.8 Å². The molecule has 1 amide bonds. The molecule has 0 saturated carbocycles. The molecule has 8 heteroatoms. The van der Waals surface area contributed by atoms with Crippen LogP contribution in [-0.2, 0) is 9.53 Å². The van der Waals surface area contributed by atoms with Crippen molar-refractivity contribution in [3.8, 4) is 11.1 Å². The van der Waals surface area contributed by atoms with Gasteiger partial charge in [0.05, 0.1) is 35.8 Å². The van der Waals surface area contributed by atoms with Gasteiger partial charge in [-0.25, -0.2) is 0 Å². The Labute approximate surface area is 217 Å². The maximum Gasteiger partial charge on any atom is 0.242 e. The highest BCUT2D eigenvalue weighted by atomic mass is 35.5. The number of rotatable bonds is 8. The van der Waals surface area contributed by atoms with Crippen LogP contribution in [0.5, 0.6) is 0 Å². The molecule has 1 aliphatic heterocycles. The van der Waals surface area contributed by atoms with E-state index in [1.807, 2.05) is 48.3 Å². The summed E-state index contributed by atoms with van der Waals surface area (Å²) in [7, 11) is 3.76. The molecule has 2 aromatic carbocycles. The molecule has 1 unspecified atom stereocenters. The zero-order chi connectivity index (χ0) is 24.8. The van der Waals surface area contributed by atoms with E-state index in [0.717, 1.165) is 42.0 Å². The number of halogens is 2. The normalized spacial score (nSPS) is 15.0. The van der Waals surface area contributed by atoms with E-state index in [9.17, 15) is 4.79 Å². The van der Waals surface area contributed by atoms with Crippen molar-refractivity contribution in [1.82, 2.24) is 14.8 Å². The van der Waals surface area contributed by atoms with Gasteiger partial charge in [0.1, 0.15) is 0 Å². The molecule has 35 heavy (non-hydrogen) atoms. The first-order chi connectivity index (χ1) is 16.9. The van der Waals surface area contributed by atoms with Crippen molar-refractivity contribution in [3.05, 3.63) is 82.6 Å². The average Bonchev–Trinajstić information content (AvgIpc) is 2.89. The molecule has 0 spiro atoms. The first-order valence-corrected chi connectivity index (χ1v) is 12.4. The highest BCUT2D eigenvalue weighted by Crippen LogP contribution is 2.28. The summed E-state index contributed by atoms with van der Waals surface area (Å²) < 4.78 is 5.52. The molecule has 6 nitrogen and oxygen atoms in total. The van der Waals surface area contributed by atoms with E-state index in [4.69, 9.17) is 27.9 Å². The van der Waals surface area contributed by atoms with Crippen LogP contribution in [0.4, 0.5) is 5.69 Å². The lowest BCUT2D eigenvalue weighted by Gasteiger charge is -2.36. The molecular weight excluding hydrogens is 483 g/mol. The minimum atomic E-state index is -0.0919. The molecule has 4 rings (SSSR count). The number of hydrogen-bond acceptors (Lipinski definition) is 5. The number of benzene rings is 2. The summed E-state index contributed by atoms with van der Waals surface area (Å²) >= 11 is 12.2. The number of carbonyl (C=O) groups is 1. The second-order valence-corrected chi connectivity index (χ2v) is 9.57. The fourth-order valence-electron chi connectivity index (χ4n) is 4.21. The summed E-state index contributed by atoms with van der Waals surface area (Å²) in [5.74, 6) is 0.0215. The van der Waals surface area contributed by atoms with Crippen LogP contribution in [-0.4, -0.2) is 74.2 Å². The fourth-order valence-corrected chi connectivity index (χ4v) is 4.51. The van der Waals surface area contributed by atoms with Crippen LogP contribution in [0.2, 0.25) is 10.0 Å². The third-order valence-corrected chi connectivity index (χ3v) is 7.14. The third kappa shape index (κ3) is 6.53. The van der Waals surface area contributed by atoms with Crippen molar-refractivity contribution >= 4 is 34.8 Å². The number of hydrogen-bond donors (Lipinski definition) is 0. The predicted octanol–water partition coefficient (Wildman–Crippen LogP) is 5.02. The van der Waals surface area contributed by atoms with E-state index in [2.05, 4.69) is 34.1 Å². The van der Waals surface area contributed by atoms with Gasteiger partial charge in [-0.3, -0.25) is 14.7 Å². The summed E-state index contributed by atoms with van der Waals surface area (Å²) in [5.41, 5.74) is 4.10. The number of nitrogens with zero attached hydrogens (tertiary/aromatic N) is 4. The second-order valence-electron chi connectivity index (χ2n) is 8.75. The van der Waals surface area contributed by atoms with Crippen LogP contribution < -0.4 is 4.90 Å². The highest BCUT2D eigenvalue weighted by Gasteiger charge is 2.26. The first kappa shape index (κ1) is 25.5. The molecule has 0 aliphatic carbocycles. The zero-order valence-corrected chi connectivity index (χ0v) is 21.5. The molecule has 0 N–H and O–H groups in total. The predicted molar refractivity (Wildman–Crippen MR) is 142 cm³/mol. The molecule has 184 valence electrons. The van der Waals surface area contributed by atoms with Gasteiger partial charge in [-0.2, -0.15) is 0 Å². The maximum absolute atomic E-state index is 13.4. The Balaban J connectivity index is 1.53. The largest absolute Gasteiger partial charge is 0.379 e. The van der Waals surface area contributed by atoms with E-state index >= 15 is 0 Å². The number of likely N-dealkylation sites (N-methyl/N-ethyl adjacent to an activating group) is 2. The van der Waals surface area contributed by atoms with Crippen molar-refractivity contribution in [1.29, 1.82) is 0 Å². The van der Waals surface area contributed by atoms with Crippen LogP contribution in [0.25, 0.3) is 11.1 Å². The molecule has 1 aliphatic rings. The zero-order valence-electron chi connectivity index (χ0n) is 20.0. The van der Waals surface area contributed by atoms with E-state index in [0.29, 0.717) is 23.3 Å². The topological polar surface area (TPSA) is 48.9 Å². The van der Waals surface area contributed by atoms with Crippen LogP contribution >= 0.6 is 23.2 Å². The maximum atomic E-state index is 13.4. The summed E-state index contributed by atoms with van der Waals surface area (Å²) in [4.78, 5) is 23.7. The summed E-state index contributed by atoms with van der Waals surface area (Å²) in [6.45, 7) is 4.11.